The Labute approximate surface area is 118 Å². The summed E-state index contributed by atoms with van der Waals surface area (Å²) in [6, 6.07) is -0.583. The highest BCUT2D eigenvalue weighted by Crippen LogP contribution is 2.35. The predicted octanol–water partition coefficient (Wildman–Crippen LogP) is -0.391. The monoisotopic (exact) mass is 307 g/mol. The molecule has 0 aromatic heterocycles. The van der Waals surface area contributed by atoms with Crippen molar-refractivity contribution in [2.24, 2.45) is 10.6 Å². The van der Waals surface area contributed by atoms with Gasteiger partial charge in [0.15, 0.2) is 0 Å². The van der Waals surface area contributed by atoms with Crippen LogP contribution in [0.2, 0.25) is 0 Å². The number of amides is 2. The fourth-order valence-electron chi connectivity index (χ4n) is 2.31. The van der Waals surface area contributed by atoms with Crippen LogP contribution in [0.4, 0.5) is 4.79 Å². The van der Waals surface area contributed by atoms with E-state index in [2.05, 4.69) is 10.6 Å². The molecule has 0 saturated heterocycles. The van der Waals surface area contributed by atoms with E-state index in [-0.39, 0.29) is 18.8 Å². The Hall–Kier alpha value is -1.35. The Morgan fingerprint density at radius 1 is 1.15 bits per heavy atom. The summed E-state index contributed by atoms with van der Waals surface area (Å²) in [6.07, 6.45) is 3.76. The number of carboxylic acids is 1. The highest BCUT2D eigenvalue weighted by Gasteiger charge is 2.39. The summed E-state index contributed by atoms with van der Waals surface area (Å²) >= 11 is 0. The molecule has 0 unspecified atom stereocenters. The van der Waals surface area contributed by atoms with Gasteiger partial charge in [0, 0.05) is 13.1 Å². The minimum Gasteiger partial charge on any atom is -0.481 e. The second-order valence-electron chi connectivity index (χ2n) is 5.12. The van der Waals surface area contributed by atoms with E-state index >= 15 is 0 Å². The number of urea groups is 1. The van der Waals surface area contributed by atoms with Crippen LogP contribution in [0.3, 0.4) is 0 Å². The van der Waals surface area contributed by atoms with Gasteiger partial charge in [-0.3, -0.25) is 4.79 Å². The third-order valence-corrected chi connectivity index (χ3v) is 4.30. The Kier molecular flexibility index (Phi) is 5.75. The molecule has 0 aromatic rings. The number of rotatable bonds is 6. The second-order valence-corrected chi connectivity index (χ2v) is 6.86. The van der Waals surface area contributed by atoms with Gasteiger partial charge in [0.1, 0.15) is 0 Å². The lowest BCUT2D eigenvalue weighted by atomic mass is 9.74. The highest BCUT2D eigenvalue weighted by molar-refractivity contribution is 7.89. The summed E-state index contributed by atoms with van der Waals surface area (Å²) in [7, 11) is -3.62. The van der Waals surface area contributed by atoms with E-state index in [4.69, 9.17) is 5.14 Å². The van der Waals surface area contributed by atoms with Crippen molar-refractivity contribution in [3.8, 4) is 0 Å². The van der Waals surface area contributed by atoms with Crippen LogP contribution in [-0.4, -0.2) is 44.4 Å². The van der Waals surface area contributed by atoms with Gasteiger partial charge in [0.2, 0.25) is 10.0 Å². The number of carboxylic acid groups (broad SMARTS) is 1. The lowest BCUT2D eigenvalue weighted by Gasteiger charge is -2.33. The first-order chi connectivity index (χ1) is 9.25. The third kappa shape index (κ3) is 5.33. The van der Waals surface area contributed by atoms with Gasteiger partial charge in [-0.2, -0.15) is 0 Å². The van der Waals surface area contributed by atoms with Gasteiger partial charge in [-0.15, -0.1) is 0 Å². The molecule has 0 atom stereocenters. The van der Waals surface area contributed by atoms with E-state index in [1.54, 1.807) is 0 Å². The number of primary sulfonamides is 1. The number of nitrogens with two attached hydrogens (primary N) is 1. The number of hydrogen-bond donors (Lipinski definition) is 4. The molecule has 0 bridgehead atoms. The summed E-state index contributed by atoms with van der Waals surface area (Å²) in [6.45, 7) is -0.0612. The average molecular weight is 307 g/mol. The maximum absolute atomic E-state index is 11.5. The molecule has 1 saturated carbocycles. The van der Waals surface area contributed by atoms with Crippen molar-refractivity contribution in [3.05, 3.63) is 0 Å². The Morgan fingerprint density at radius 2 is 1.75 bits per heavy atom. The van der Waals surface area contributed by atoms with Crippen LogP contribution in [0.5, 0.6) is 0 Å². The van der Waals surface area contributed by atoms with E-state index in [0.717, 1.165) is 19.3 Å². The normalized spacial score (nSPS) is 18.2. The molecular weight excluding hydrogens is 286 g/mol. The van der Waals surface area contributed by atoms with Crippen molar-refractivity contribution >= 4 is 22.0 Å². The molecule has 0 spiro atoms. The van der Waals surface area contributed by atoms with Gasteiger partial charge in [0.05, 0.1) is 11.2 Å². The minimum absolute atomic E-state index is 0.0452. The van der Waals surface area contributed by atoms with E-state index in [1.807, 2.05) is 0 Å². The van der Waals surface area contributed by atoms with Gasteiger partial charge < -0.3 is 15.7 Å². The maximum Gasteiger partial charge on any atom is 0.314 e. The molecule has 2 amide bonds. The first-order valence-electron chi connectivity index (χ1n) is 6.51. The zero-order chi connectivity index (χ0) is 15.2. The van der Waals surface area contributed by atoms with E-state index in [9.17, 15) is 23.1 Å². The minimum atomic E-state index is -3.62. The summed E-state index contributed by atoms with van der Waals surface area (Å²) in [5.74, 6) is -1.26. The number of sulfonamides is 1. The summed E-state index contributed by atoms with van der Waals surface area (Å²) in [5.41, 5.74) is -0.907. The van der Waals surface area contributed by atoms with E-state index in [1.165, 1.54) is 0 Å². The van der Waals surface area contributed by atoms with Crippen LogP contribution >= 0.6 is 0 Å². The fraction of sp³-hybridized carbons (Fsp3) is 0.818. The van der Waals surface area contributed by atoms with E-state index < -0.39 is 27.4 Å². The topological polar surface area (TPSA) is 139 Å². The second kappa shape index (κ2) is 6.89. The zero-order valence-corrected chi connectivity index (χ0v) is 12.0. The molecule has 0 radical (unpaired) electrons. The molecule has 1 aliphatic carbocycles. The van der Waals surface area contributed by atoms with Crippen LogP contribution < -0.4 is 15.8 Å². The molecule has 0 heterocycles. The molecule has 9 heteroatoms. The lowest BCUT2D eigenvalue weighted by molar-refractivity contribution is -0.150. The smallest absolute Gasteiger partial charge is 0.314 e. The van der Waals surface area contributed by atoms with Gasteiger partial charge in [0.25, 0.3) is 0 Å². The third-order valence-electron chi connectivity index (χ3n) is 3.52. The summed E-state index contributed by atoms with van der Waals surface area (Å²) in [5, 5.41) is 18.9. The molecule has 116 valence electrons. The van der Waals surface area contributed by atoms with Gasteiger partial charge in [-0.1, -0.05) is 19.3 Å². The molecule has 0 aromatic carbocycles. The van der Waals surface area contributed by atoms with Crippen LogP contribution in [0.1, 0.15) is 32.1 Å². The molecule has 5 N–H and O–H groups in total. The molecule has 1 rings (SSSR count). The van der Waals surface area contributed by atoms with Crippen molar-refractivity contribution in [1.29, 1.82) is 0 Å². The highest BCUT2D eigenvalue weighted by atomic mass is 32.2. The first-order valence-corrected chi connectivity index (χ1v) is 8.22. The average Bonchev–Trinajstić information content (AvgIpc) is 2.36. The number of hydrogen-bond acceptors (Lipinski definition) is 4. The molecule has 1 fully saturated rings. The molecule has 8 nitrogen and oxygen atoms in total. The first kappa shape index (κ1) is 16.7. The summed E-state index contributed by atoms with van der Waals surface area (Å²) in [4.78, 5) is 22.9. The number of aliphatic carboxylic acids is 1. The zero-order valence-electron chi connectivity index (χ0n) is 11.2. The van der Waals surface area contributed by atoms with Crippen molar-refractivity contribution in [3.63, 3.8) is 0 Å². The quantitative estimate of drug-likeness (QED) is 0.529. The largest absolute Gasteiger partial charge is 0.481 e. The van der Waals surface area contributed by atoms with Crippen LogP contribution in [-0.2, 0) is 14.8 Å². The Balaban J connectivity index is 2.40. The lowest BCUT2D eigenvalue weighted by Crippen LogP contribution is -2.47. The van der Waals surface area contributed by atoms with Crippen molar-refractivity contribution < 1.29 is 23.1 Å². The molecule has 0 aliphatic heterocycles. The molecule has 1 aliphatic rings. The molecule has 20 heavy (non-hydrogen) atoms. The van der Waals surface area contributed by atoms with Crippen LogP contribution in [0, 0.1) is 5.41 Å². The number of carbonyl (C=O) groups excluding carboxylic acids is 1. The fourth-order valence-corrected chi connectivity index (χ4v) is 2.70. The van der Waals surface area contributed by atoms with Crippen molar-refractivity contribution in [1.82, 2.24) is 10.6 Å². The predicted molar refractivity (Wildman–Crippen MR) is 72.5 cm³/mol. The number of carbonyl (C=O) groups is 2. The molecular formula is C11H21N3O5S. The van der Waals surface area contributed by atoms with Gasteiger partial charge >= 0.3 is 12.0 Å². The standard InChI is InChI=1S/C11H21N3O5S/c12-20(18,19)7-6-13-10(17)14-8-11(9(15)16)4-2-1-3-5-11/h1-8H2,(H,15,16)(H2,12,18,19)(H2,13,14,17). The van der Waals surface area contributed by atoms with Gasteiger partial charge in [-0.25, -0.2) is 18.4 Å². The SMILES string of the molecule is NS(=O)(=O)CCNC(=O)NCC1(C(=O)O)CCCCC1. The van der Waals surface area contributed by atoms with Crippen molar-refractivity contribution in [2.45, 2.75) is 32.1 Å². The maximum atomic E-state index is 11.5. The summed E-state index contributed by atoms with van der Waals surface area (Å²) < 4.78 is 21.4. The van der Waals surface area contributed by atoms with Crippen LogP contribution in [0.25, 0.3) is 0 Å². The Bertz CT molecular complexity index is 457. The van der Waals surface area contributed by atoms with Crippen molar-refractivity contribution in [2.75, 3.05) is 18.8 Å². The van der Waals surface area contributed by atoms with E-state index in [0.29, 0.717) is 12.8 Å². The van der Waals surface area contributed by atoms with Crippen LogP contribution in [0.15, 0.2) is 0 Å². The number of nitrogens with one attached hydrogen (secondary N) is 2. The van der Waals surface area contributed by atoms with Gasteiger partial charge in [-0.05, 0) is 12.8 Å². The Morgan fingerprint density at radius 3 is 2.25 bits per heavy atom.